The molecule has 4 amide bonds. The first-order valence-electron chi connectivity index (χ1n) is 8.43. The third-order valence-electron chi connectivity index (χ3n) is 4.49. The van der Waals surface area contributed by atoms with Crippen molar-refractivity contribution in [2.45, 2.75) is 26.3 Å². The van der Waals surface area contributed by atoms with Crippen molar-refractivity contribution in [3.8, 4) is 0 Å². The predicted octanol–water partition coefficient (Wildman–Crippen LogP) is 2.41. The molecular weight excluding hydrogens is 334 g/mol. The van der Waals surface area contributed by atoms with E-state index in [4.69, 9.17) is 4.42 Å². The second-order valence-electron chi connectivity index (χ2n) is 6.33. The number of aryl methyl sites for hydroxylation is 1. The molecule has 136 valence electrons. The van der Waals surface area contributed by atoms with E-state index in [9.17, 15) is 14.4 Å². The van der Waals surface area contributed by atoms with Gasteiger partial charge in [-0.1, -0.05) is 18.2 Å². The molecular formula is C19H21N3O4. The van der Waals surface area contributed by atoms with E-state index >= 15 is 0 Å². The van der Waals surface area contributed by atoms with Crippen LogP contribution >= 0.6 is 0 Å². The molecule has 7 heteroatoms. The molecule has 1 aromatic heterocycles. The smallest absolute Gasteiger partial charge is 0.325 e. The molecule has 1 aliphatic rings. The van der Waals surface area contributed by atoms with Gasteiger partial charge in [-0.05, 0) is 45.0 Å². The van der Waals surface area contributed by atoms with E-state index in [1.807, 2.05) is 37.3 Å². The van der Waals surface area contributed by atoms with E-state index in [-0.39, 0.29) is 12.5 Å². The molecule has 0 aliphatic carbocycles. The van der Waals surface area contributed by atoms with E-state index in [1.54, 1.807) is 26.0 Å². The molecule has 7 nitrogen and oxygen atoms in total. The first-order chi connectivity index (χ1) is 12.4. The summed E-state index contributed by atoms with van der Waals surface area (Å²) in [6, 6.07) is 11.9. The lowest BCUT2D eigenvalue weighted by Gasteiger charge is -2.24. The predicted molar refractivity (Wildman–Crippen MR) is 95.5 cm³/mol. The summed E-state index contributed by atoms with van der Waals surface area (Å²) in [6.45, 7) is 5.27. The minimum Gasteiger partial charge on any atom is -0.463 e. The number of likely N-dealkylation sites (N-methyl/N-ethyl adjacent to an activating group) is 1. The summed E-state index contributed by atoms with van der Waals surface area (Å²) >= 11 is 0. The summed E-state index contributed by atoms with van der Waals surface area (Å²) in [6.07, 6.45) is 0. The number of nitrogens with zero attached hydrogens (tertiary/aromatic N) is 2. The monoisotopic (exact) mass is 355 g/mol. The van der Waals surface area contributed by atoms with Gasteiger partial charge in [-0.15, -0.1) is 0 Å². The Hall–Kier alpha value is -3.09. The zero-order valence-corrected chi connectivity index (χ0v) is 15.0. The van der Waals surface area contributed by atoms with Crippen LogP contribution in [0, 0.1) is 6.92 Å². The first kappa shape index (κ1) is 17.7. The molecule has 0 radical (unpaired) electrons. The lowest BCUT2D eigenvalue weighted by molar-refractivity contribution is -0.134. The zero-order chi connectivity index (χ0) is 18.9. The molecule has 1 N–H and O–H groups in total. The molecule has 3 rings (SSSR count). The highest BCUT2D eigenvalue weighted by atomic mass is 16.3. The number of imide groups is 1. The van der Waals surface area contributed by atoms with Crippen molar-refractivity contribution in [3.63, 3.8) is 0 Å². The number of amides is 4. The lowest BCUT2D eigenvalue weighted by Crippen LogP contribution is -2.44. The fourth-order valence-corrected chi connectivity index (χ4v) is 3.04. The van der Waals surface area contributed by atoms with Crippen LogP contribution in [0.15, 0.2) is 46.9 Å². The maximum atomic E-state index is 12.8. The van der Waals surface area contributed by atoms with Crippen molar-refractivity contribution in [1.82, 2.24) is 10.2 Å². The fraction of sp³-hybridized carbons (Fsp3) is 0.316. The van der Waals surface area contributed by atoms with Crippen molar-refractivity contribution in [1.29, 1.82) is 0 Å². The summed E-state index contributed by atoms with van der Waals surface area (Å²) in [5.41, 5.74) is -0.591. The van der Waals surface area contributed by atoms with Gasteiger partial charge in [-0.3, -0.25) is 14.5 Å². The number of hydrogen-bond acceptors (Lipinski definition) is 4. The highest BCUT2D eigenvalue weighted by molar-refractivity contribution is 6.10. The fourth-order valence-electron chi connectivity index (χ4n) is 3.04. The number of furan rings is 1. The van der Waals surface area contributed by atoms with Crippen LogP contribution in [0.5, 0.6) is 0 Å². The van der Waals surface area contributed by atoms with Crippen LogP contribution in [0.4, 0.5) is 10.5 Å². The SMILES string of the molecule is CCN(C(=O)CN1C(=O)NC(C)(c2ccc(C)o2)C1=O)c1ccccc1. The van der Waals surface area contributed by atoms with Crippen LogP contribution in [-0.2, 0) is 15.1 Å². The Morgan fingerprint density at radius 1 is 1.19 bits per heavy atom. The molecule has 1 aromatic carbocycles. The Morgan fingerprint density at radius 3 is 2.46 bits per heavy atom. The van der Waals surface area contributed by atoms with Crippen LogP contribution in [0.3, 0.4) is 0 Å². The molecule has 26 heavy (non-hydrogen) atoms. The van der Waals surface area contributed by atoms with Crippen LogP contribution in [0.2, 0.25) is 0 Å². The minimum atomic E-state index is -1.31. The average Bonchev–Trinajstić information content (AvgIpc) is 3.15. The van der Waals surface area contributed by atoms with Gasteiger partial charge in [0, 0.05) is 12.2 Å². The van der Waals surface area contributed by atoms with Gasteiger partial charge in [0.15, 0.2) is 5.54 Å². The van der Waals surface area contributed by atoms with Gasteiger partial charge >= 0.3 is 6.03 Å². The summed E-state index contributed by atoms with van der Waals surface area (Å²) < 4.78 is 5.52. The van der Waals surface area contributed by atoms with Crippen LogP contribution in [0.25, 0.3) is 0 Å². The third-order valence-corrected chi connectivity index (χ3v) is 4.49. The standard InChI is InChI=1S/C19H21N3O4/c1-4-21(14-8-6-5-7-9-14)16(23)12-22-17(24)19(3,20-18(22)25)15-11-10-13(2)26-15/h5-11H,4,12H2,1-3H3,(H,20,25). The molecule has 1 atom stereocenters. The van der Waals surface area contributed by atoms with Crippen LogP contribution in [-0.4, -0.2) is 35.8 Å². The summed E-state index contributed by atoms with van der Waals surface area (Å²) in [4.78, 5) is 40.4. The maximum Gasteiger partial charge on any atom is 0.325 e. The number of nitrogens with one attached hydrogen (secondary N) is 1. The molecule has 2 heterocycles. The summed E-state index contributed by atoms with van der Waals surface area (Å²) in [7, 11) is 0. The quantitative estimate of drug-likeness (QED) is 0.835. The number of para-hydroxylation sites is 1. The zero-order valence-electron chi connectivity index (χ0n) is 15.0. The number of rotatable bonds is 5. The summed E-state index contributed by atoms with van der Waals surface area (Å²) in [5, 5.41) is 2.63. The Morgan fingerprint density at radius 2 is 1.88 bits per heavy atom. The van der Waals surface area contributed by atoms with E-state index in [2.05, 4.69) is 5.32 Å². The largest absolute Gasteiger partial charge is 0.463 e. The molecule has 0 bridgehead atoms. The van der Waals surface area contributed by atoms with Crippen LogP contribution < -0.4 is 10.2 Å². The number of hydrogen-bond donors (Lipinski definition) is 1. The van der Waals surface area contributed by atoms with E-state index in [0.29, 0.717) is 18.1 Å². The lowest BCUT2D eigenvalue weighted by atomic mass is 9.99. The van der Waals surface area contributed by atoms with Gasteiger partial charge in [-0.2, -0.15) is 0 Å². The number of carbonyl (C=O) groups is 3. The number of carbonyl (C=O) groups excluding carboxylic acids is 3. The van der Waals surface area contributed by atoms with Gasteiger partial charge in [0.1, 0.15) is 18.1 Å². The molecule has 0 spiro atoms. The maximum absolute atomic E-state index is 12.8. The Bertz CT molecular complexity index is 845. The molecule has 2 aromatic rings. The Kier molecular flexibility index (Phi) is 4.54. The normalized spacial score (nSPS) is 19.6. The van der Waals surface area contributed by atoms with Gasteiger partial charge < -0.3 is 14.6 Å². The van der Waals surface area contributed by atoms with Gasteiger partial charge in [0.25, 0.3) is 5.91 Å². The van der Waals surface area contributed by atoms with Gasteiger partial charge in [0.2, 0.25) is 5.91 Å². The number of anilines is 1. The summed E-state index contributed by atoms with van der Waals surface area (Å²) in [5.74, 6) is 0.147. The van der Waals surface area contributed by atoms with Crippen molar-refractivity contribution in [3.05, 3.63) is 54.0 Å². The average molecular weight is 355 g/mol. The third kappa shape index (κ3) is 2.96. The minimum absolute atomic E-state index is 0.331. The van der Waals surface area contributed by atoms with Crippen LogP contribution in [0.1, 0.15) is 25.4 Å². The highest BCUT2D eigenvalue weighted by Gasteiger charge is 2.51. The van der Waals surface area contributed by atoms with Crippen molar-refractivity contribution >= 4 is 23.5 Å². The van der Waals surface area contributed by atoms with E-state index in [0.717, 1.165) is 10.6 Å². The van der Waals surface area contributed by atoms with E-state index < -0.39 is 17.5 Å². The molecule has 1 fully saturated rings. The first-order valence-corrected chi connectivity index (χ1v) is 8.43. The molecule has 1 saturated heterocycles. The molecule has 0 saturated carbocycles. The second kappa shape index (κ2) is 6.67. The van der Waals surface area contributed by atoms with Gasteiger partial charge in [0.05, 0.1) is 0 Å². The van der Waals surface area contributed by atoms with Gasteiger partial charge in [-0.25, -0.2) is 4.79 Å². The Balaban J connectivity index is 1.80. The second-order valence-corrected chi connectivity index (χ2v) is 6.33. The molecule has 1 aliphatic heterocycles. The number of benzene rings is 1. The van der Waals surface area contributed by atoms with Crippen molar-refractivity contribution in [2.24, 2.45) is 0 Å². The number of urea groups is 1. The molecule has 1 unspecified atom stereocenters. The Labute approximate surface area is 151 Å². The van der Waals surface area contributed by atoms with E-state index in [1.165, 1.54) is 4.90 Å². The topological polar surface area (TPSA) is 82.9 Å². The van der Waals surface area contributed by atoms with Crippen molar-refractivity contribution in [2.75, 3.05) is 18.0 Å². The highest BCUT2D eigenvalue weighted by Crippen LogP contribution is 2.30. The van der Waals surface area contributed by atoms with Crippen molar-refractivity contribution < 1.29 is 18.8 Å².